The first-order chi connectivity index (χ1) is 8.63. The zero-order valence-electron chi connectivity index (χ0n) is 10.2. The van der Waals surface area contributed by atoms with Gasteiger partial charge in [-0.15, -0.1) is 0 Å². The van der Waals surface area contributed by atoms with Crippen LogP contribution in [0.15, 0.2) is 18.2 Å². The molecule has 0 N–H and O–H groups in total. The quantitative estimate of drug-likeness (QED) is 0.737. The second-order valence-electron chi connectivity index (χ2n) is 5.69. The van der Waals surface area contributed by atoms with Crippen molar-refractivity contribution in [2.75, 3.05) is 0 Å². The molecule has 1 aromatic rings. The highest BCUT2D eigenvalue weighted by Gasteiger charge is 2.40. The van der Waals surface area contributed by atoms with Gasteiger partial charge in [-0.3, -0.25) is 4.79 Å². The fraction of sp³-hybridized carbons (Fsp3) is 0.533. The van der Waals surface area contributed by atoms with Gasteiger partial charge in [0.25, 0.3) is 0 Å². The average Bonchev–Trinajstić information content (AvgIpc) is 2.94. The Hall–Kier alpha value is -0.890. The number of Topliss-reactive ketones (excluding diaryl/α,β-unsaturated/α-hetero) is 1. The number of carbonyl (C=O) groups excluding carboxylic acids is 1. The first-order valence-electron chi connectivity index (χ1n) is 6.61. The molecular weight excluding hydrogens is 251 g/mol. The maximum absolute atomic E-state index is 13.3. The molecule has 0 spiro atoms. The first-order valence-corrected chi connectivity index (χ1v) is 6.99. The second-order valence-corrected chi connectivity index (χ2v) is 6.10. The molecule has 3 unspecified atom stereocenters. The number of carbonyl (C=O) groups is 1. The van der Waals surface area contributed by atoms with Crippen molar-refractivity contribution in [1.29, 1.82) is 0 Å². The minimum Gasteiger partial charge on any atom is -0.294 e. The summed E-state index contributed by atoms with van der Waals surface area (Å²) in [6.07, 6.45) is 5.67. The Morgan fingerprint density at radius 2 is 2.17 bits per heavy atom. The van der Waals surface area contributed by atoms with Crippen molar-refractivity contribution in [2.24, 2.45) is 17.8 Å². The lowest BCUT2D eigenvalue weighted by Gasteiger charge is -2.20. The van der Waals surface area contributed by atoms with E-state index < -0.39 is 5.82 Å². The predicted octanol–water partition coefficient (Wildman–Crippen LogP) is 4.49. The van der Waals surface area contributed by atoms with Gasteiger partial charge in [0.15, 0.2) is 5.78 Å². The lowest BCUT2D eigenvalue weighted by atomic mass is 9.84. The highest BCUT2D eigenvalue weighted by molar-refractivity contribution is 6.30. The van der Waals surface area contributed by atoms with Gasteiger partial charge in [0.1, 0.15) is 5.82 Å². The maximum atomic E-state index is 13.3. The van der Waals surface area contributed by atoms with Gasteiger partial charge in [0.2, 0.25) is 0 Å². The van der Waals surface area contributed by atoms with Crippen LogP contribution >= 0.6 is 11.6 Å². The van der Waals surface area contributed by atoms with Gasteiger partial charge in [-0.05, 0) is 55.2 Å². The third-order valence-corrected chi connectivity index (χ3v) is 4.88. The highest BCUT2D eigenvalue weighted by Crippen LogP contribution is 2.49. The molecule has 2 aliphatic carbocycles. The van der Waals surface area contributed by atoms with Crippen LogP contribution in [0.25, 0.3) is 0 Å². The molecule has 96 valence electrons. The van der Waals surface area contributed by atoms with Gasteiger partial charge in [0, 0.05) is 12.0 Å². The van der Waals surface area contributed by atoms with Gasteiger partial charge < -0.3 is 0 Å². The number of hydrogen-bond donors (Lipinski definition) is 0. The number of benzene rings is 1. The summed E-state index contributed by atoms with van der Waals surface area (Å²) in [4.78, 5) is 12.1. The normalized spacial score (nSPS) is 29.8. The molecular formula is C15H16ClFO. The minimum atomic E-state index is -0.504. The number of ketones is 1. The summed E-state index contributed by atoms with van der Waals surface area (Å²) in [7, 11) is 0. The number of fused-ring (bicyclic) bond motifs is 2. The molecule has 3 rings (SSSR count). The third kappa shape index (κ3) is 2.18. The lowest BCUT2D eigenvalue weighted by Crippen LogP contribution is -2.15. The molecule has 0 amide bonds. The topological polar surface area (TPSA) is 17.1 Å². The van der Waals surface area contributed by atoms with E-state index in [1.807, 2.05) is 0 Å². The zero-order chi connectivity index (χ0) is 12.7. The van der Waals surface area contributed by atoms with Crippen LogP contribution in [0.3, 0.4) is 0 Å². The standard InChI is InChI=1S/C15H16ClFO/c16-13-4-3-11(7-14(13)17)15(18)8-12-6-9-1-2-10(12)5-9/h3-4,7,9-10,12H,1-2,5-6,8H2. The van der Waals surface area contributed by atoms with E-state index in [9.17, 15) is 9.18 Å². The van der Waals surface area contributed by atoms with E-state index in [1.54, 1.807) is 6.07 Å². The van der Waals surface area contributed by atoms with Crippen molar-refractivity contribution < 1.29 is 9.18 Å². The Morgan fingerprint density at radius 1 is 1.33 bits per heavy atom. The van der Waals surface area contributed by atoms with Crippen molar-refractivity contribution in [3.8, 4) is 0 Å². The molecule has 0 heterocycles. The lowest BCUT2D eigenvalue weighted by molar-refractivity contribution is 0.0944. The van der Waals surface area contributed by atoms with E-state index in [1.165, 1.54) is 37.8 Å². The fourth-order valence-electron chi connectivity index (χ4n) is 3.65. The molecule has 2 aliphatic rings. The molecule has 0 aliphatic heterocycles. The van der Waals surface area contributed by atoms with Gasteiger partial charge in [-0.2, -0.15) is 0 Å². The summed E-state index contributed by atoms with van der Waals surface area (Å²) in [6.45, 7) is 0. The van der Waals surface area contributed by atoms with Crippen LogP contribution in [-0.4, -0.2) is 5.78 Å². The molecule has 2 saturated carbocycles. The molecule has 3 atom stereocenters. The molecule has 2 bridgehead atoms. The van der Waals surface area contributed by atoms with E-state index in [0.29, 0.717) is 17.9 Å². The van der Waals surface area contributed by atoms with Crippen molar-refractivity contribution in [3.63, 3.8) is 0 Å². The minimum absolute atomic E-state index is 0.0584. The van der Waals surface area contributed by atoms with E-state index in [2.05, 4.69) is 0 Å². The molecule has 1 nitrogen and oxygen atoms in total. The Balaban J connectivity index is 1.69. The number of rotatable bonds is 3. The average molecular weight is 267 g/mol. The smallest absolute Gasteiger partial charge is 0.163 e. The van der Waals surface area contributed by atoms with E-state index >= 15 is 0 Å². The van der Waals surface area contributed by atoms with Crippen LogP contribution in [0, 0.1) is 23.6 Å². The highest BCUT2D eigenvalue weighted by atomic mass is 35.5. The molecule has 0 saturated heterocycles. The number of hydrogen-bond acceptors (Lipinski definition) is 1. The fourth-order valence-corrected chi connectivity index (χ4v) is 3.77. The third-order valence-electron chi connectivity index (χ3n) is 4.57. The van der Waals surface area contributed by atoms with Crippen LogP contribution in [-0.2, 0) is 0 Å². The predicted molar refractivity (Wildman–Crippen MR) is 69.3 cm³/mol. The summed E-state index contributed by atoms with van der Waals surface area (Å²) in [5.41, 5.74) is 0.458. The van der Waals surface area contributed by atoms with Gasteiger partial charge in [-0.1, -0.05) is 18.0 Å². The Morgan fingerprint density at radius 3 is 2.78 bits per heavy atom. The van der Waals surface area contributed by atoms with Crippen molar-refractivity contribution in [1.82, 2.24) is 0 Å². The molecule has 0 aromatic heterocycles. The van der Waals surface area contributed by atoms with Crippen LogP contribution in [0.5, 0.6) is 0 Å². The van der Waals surface area contributed by atoms with Crippen molar-refractivity contribution in [3.05, 3.63) is 34.6 Å². The van der Waals surface area contributed by atoms with Crippen LogP contribution in [0.1, 0.15) is 42.5 Å². The van der Waals surface area contributed by atoms with E-state index in [0.717, 1.165) is 11.8 Å². The van der Waals surface area contributed by atoms with Crippen LogP contribution in [0.2, 0.25) is 5.02 Å². The summed E-state index contributed by atoms with van der Waals surface area (Å²) in [5, 5.41) is 0.0754. The van der Waals surface area contributed by atoms with Gasteiger partial charge in [0.05, 0.1) is 5.02 Å². The van der Waals surface area contributed by atoms with Gasteiger partial charge >= 0.3 is 0 Å². The summed E-state index contributed by atoms with van der Waals surface area (Å²) < 4.78 is 13.3. The summed E-state index contributed by atoms with van der Waals surface area (Å²) in [5.74, 6) is 1.65. The largest absolute Gasteiger partial charge is 0.294 e. The first kappa shape index (κ1) is 12.2. The second kappa shape index (κ2) is 4.65. The molecule has 2 fully saturated rings. The van der Waals surface area contributed by atoms with E-state index in [-0.39, 0.29) is 10.8 Å². The molecule has 3 heteroatoms. The van der Waals surface area contributed by atoms with Gasteiger partial charge in [-0.25, -0.2) is 4.39 Å². The summed E-state index contributed by atoms with van der Waals surface area (Å²) in [6, 6.07) is 4.35. The number of halogens is 2. The zero-order valence-corrected chi connectivity index (χ0v) is 10.9. The molecule has 0 radical (unpaired) electrons. The SMILES string of the molecule is O=C(CC1CC2CCC1C2)c1ccc(Cl)c(F)c1. The maximum Gasteiger partial charge on any atom is 0.163 e. The van der Waals surface area contributed by atoms with Crippen LogP contribution in [0.4, 0.5) is 4.39 Å². The molecule has 18 heavy (non-hydrogen) atoms. The molecule has 1 aromatic carbocycles. The summed E-state index contributed by atoms with van der Waals surface area (Å²) >= 11 is 5.62. The van der Waals surface area contributed by atoms with Crippen LogP contribution < -0.4 is 0 Å². The Kier molecular flexibility index (Phi) is 3.14. The van der Waals surface area contributed by atoms with Crippen molar-refractivity contribution >= 4 is 17.4 Å². The Labute approximate surface area is 111 Å². The van der Waals surface area contributed by atoms with E-state index in [4.69, 9.17) is 11.6 Å². The van der Waals surface area contributed by atoms with Crippen molar-refractivity contribution in [2.45, 2.75) is 32.1 Å². The monoisotopic (exact) mass is 266 g/mol. The Bertz CT molecular complexity index is 485.